The molecule has 0 spiro atoms. The van der Waals surface area contributed by atoms with Gasteiger partial charge in [0.1, 0.15) is 0 Å². The van der Waals surface area contributed by atoms with Crippen LogP contribution in [0.15, 0.2) is 54.6 Å². The Labute approximate surface area is 158 Å². The van der Waals surface area contributed by atoms with E-state index in [2.05, 4.69) is 21.9 Å². The van der Waals surface area contributed by atoms with Crippen molar-refractivity contribution >= 4 is 0 Å². The maximum absolute atomic E-state index is 13.2. The normalized spacial score (nSPS) is 17.8. The highest BCUT2D eigenvalue weighted by atomic mass is 19.4. The lowest BCUT2D eigenvalue weighted by Crippen LogP contribution is -2.47. The highest BCUT2D eigenvalue weighted by Gasteiger charge is 2.33. The second-order valence-electron chi connectivity index (χ2n) is 6.87. The first kappa shape index (κ1) is 19.9. The van der Waals surface area contributed by atoms with Crippen molar-refractivity contribution in [1.82, 2.24) is 9.80 Å². The molecule has 3 nitrogen and oxygen atoms in total. The largest absolute Gasteiger partial charge is 0.416 e. The van der Waals surface area contributed by atoms with Crippen LogP contribution in [0.2, 0.25) is 0 Å². The monoisotopic (exact) mass is 378 g/mol. The average molecular weight is 378 g/mol. The third-order valence-electron chi connectivity index (χ3n) is 5.06. The van der Waals surface area contributed by atoms with Crippen LogP contribution >= 0.6 is 0 Å². The lowest BCUT2D eigenvalue weighted by Gasteiger charge is -2.36. The Bertz CT molecular complexity index is 713. The van der Waals surface area contributed by atoms with E-state index in [9.17, 15) is 13.2 Å². The van der Waals surface area contributed by atoms with Gasteiger partial charge in [0.25, 0.3) is 0 Å². The zero-order chi connectivity index (χ0) is 19.3. The number of methoxy groups -OCH3 is 1. The van der Waals surface area contributed by atoms with E-state index in [0.29, 0.717) is 12.1 Å². The molecule has 1 fully saturated rings. The minimum absolute atomic E-state index is 0.00343. The van der Waals surface area contributed by atoms with Crippen LogP contribution in [0.1, 0.15) is 22.8 Å². The molecule has 0 saturated carbocycles. The van der Waals surface area contributed by atoms with E-state index < -0.39 is 11.7 Å². The molecular weight excluding hydrogens is 353 g/mol. The molecule has 0 aliphatic carbocycles. The van der Waals surface area contributed by atoms with Crippen molar-refractivity contribution < 1.29 is 17.9 Å². The molecule has 0 amide bonds. The molecule has 2 aromatic rings. The van der Waals surface area contributed by atoms with Crippen LogP contribution in [0.5, 0.6) is 0 Å². The molecule has 0 radical (unpaired) electrons. The summed E-state index contributed by atoms with van der Waals surface area (Å²) in [6.07, 6.45) is -4.30. The number of ether oxygens (including phenoxy) is 1. The quantitative estimate of drug-likeness (QED) is 0.749. The molecule has 1 unspecified atom stereocenters. The first-order valence-electron chi connectivity index (χ1n) is 9.15. The summed E-state index contributed by atoms with van der Waals surface area (Å²) >= 11 is 0. The number of hydrogen-bond donors (Lipinski definition) is 0. The predicted molar refractivity (Wildman–Crippen MR) is 99.4 cm³/mol. The lowest BCUT2D eigenvalue weighted by atomic mass is 10.1. The van der Waals surface area contributed by atoms with Gasteiger partial charge in [-0.05, 0) is 17.2 Å². The smallest absolute Gasteiger partial charge is 0.375 e. The molecule has 1 aliphatic heterocycles. The number of rotatable bonds is 6. The fourth-order valence-electron chi connectivity index (χ4n) is 3.52. The van der Waals surface area contributed by atoms with Gasteiger partial charge >= 0.3 is 6.18 Å². The van der Waals surface area contributed by atoms with Crippen molar-refractivity contribution in [1.29, 1.82) is 0 Å². The third kappa shape index (κ3) is 5.31. The van der Waals surface area contributed by atoms with Crippen molar-refractivity contribution in [2.45, 2.75) is 18.8 Å². The van der Waals surface area contributed by atoms with E-state index in [1.54, 1.807) is 19.2 Å². The molecule has 2 aromatic carbocycles. The van der Waals surface area contributed by atoms with Crippen LogP contribution < -0.4 is 0 Å². The van der Waals surface area contributed by atoms with Crippen LogP contribution in [-0.2, 0) is 17.5 Å². The Morgan fingerprint density at radius 2 is 1.48 bits per heavy atom. The van der Waals surface area contributed by atoms with Gasteiger partial charge in [0, 0.05) is 46.4 Å². The van der Waals surface area contributed by atoms with Gasteiger partial charge in [-0.3, -0.25) is 9.80 Å². The summed E-state index contributed by atoms with van der Waals surface area (Å²) in [5.41, 5.74) is 0.954. The van der Waals surface area contributed by atoms with Gasteiger partial charge in [-0.1, -0.05) is 48.5 Å². The van der Waals surface area contributed by atoms with Crippen molar-refractivity contribution in [3.63, 3.8) is 0 Å². The fraction of sp³-hybridized carbons (Fsp3) is 0.429. The maximum Gasteiger partial charge on any atom is 0.416 e. The minimum Gasteiger partial charge on any atom is -0.375 e. The fourth-order valence-corrected chi connectivity index (χ4v) is 3.52. The molecule has 0 bridgehead atoms. The average Bonchev–Trinajstić information content (AvgIpc) is 2.68. The van der Waals surface area contributed by atoms with E-state index in [1.165, 1.54) is 6.07 Å². The van der Waals surface area contributed by atoms with Gasteiger partial charge < -0.3 is 4.74 Å². The van der Waals surface area contributed by atoms with Gasteiger partial charge in [0.05, 0.1) is 11.7 Å². The Balaban J connectivity index is 1.55. The topological polar surface area (TPSA) is 15.7 Å². The molecule has 27 heavy (non-hydrogen) atoms. The molecule has 6 heteroatoms. The number of hydrogen-bond acceptors (Lipinski definition) is 3. The van der Waals surface area contributed by atoms with E-state index in [1.807, 2.05) is 18.2 Å². The summed E-state index contributed by atoms with van der Waals surface area (Å²) in [7, 11) is 1.71. The molecule has 1 atom stereocenters. The Morgan fingerprint density at radius 3 is 2.11 bits per heavy atom. The molecule has 0 N–H and O–H groups in total. The van der Waals surface area contributed by atoms with Crippen molar-refractivity contribution in [3.8, 4) is 0 Å². The minimum atomic E-state index is -4.31. The number of halogens is 3. The summed E-state index contributed by atoms with van der Waals surface area (Å²) in [4.78, 5) is 4.40. The van der Waals surface area contributed by atoms with Gasteiger partial charge in [0.2, 0.25) is 0 Å². The van der Waals surface area contributed by atoms with Crippen LogP contribution in [-0.4, -0.2) is 49.6 Å². The SMILES string of the molecule is COC(CN1CCN(Cc2ccccc2C(F)(F)F)CC1)c1ccccc1. The lowest BCUT2D eigenvalue weighted by molar-refractivity contribution is -0.138. The molecule has 0 aromatic heterocycles. The molecule has 1 saturated heterocycles. The van der Waals surface area contributed by atoms with Crippen molar-refractivity contribution in [2.24, 2.45) is 0 Å². The standard InChI is InChI=1S/C21H25F3N2O/c1-27-20(17-7-3-2-4-8-17)16-26-13-11-25(12-14-26)15-18-9-5-6-10-19(18)21(22,23)24/h2-10,20H,11-16H2,1H3. The van der Waals surface area contributed by atoms with E-state index >= 15 is 0 Å². The van der Waals surface area contributed by atoms with Gasteiger partial charge in [-0.15, -0.1) is 0 Å². The predicted octanol–water partition coefficient (Wildman–Crippen LogP) is 4.21. The molecular formula is C21H25F3N2O. The second kappa shape index (κ2) is 8.87. The Hall–Kier alpha value is -1.89. The zero-order valence-electron chi connectivity index (χ0n) is 15.5. The molecule has 1 aliphatic rings. The summed E-state index contributed by atoms with van der Waals surface area (Å²) in [6, 6.07) is 15.9. The molecule has 3 rings (SSSR count). The summed E-state index contributed by atoms with van der Waals surface area (Å²) in [5.74, 6) is 0. The molecule has 1 heterocycles. The van der Waals surface area contributed by atoms with Gasteiger partial charge in [0.15, 0.2) is 0 Å². The summed E-state index contributed by atoms with van der Waals surface area (Å²) in [6.45, 7) is 4.25. The zero-order valence-corrected chi connectivity index (χ0v) is 15.5. The van der Waals surface area contributed by atoms with Crippen molar-refractivity contribution in [3.05, 3.63) is 71.3 Å². The van der Waals surface area contributed by atoms with Crippen molar-refractivity contribution in [2.75, 3.05) is 39.8 Å². The van der Waals surface area contributed by atoms with Gasteiger partial charge in [-0.2, -0.15) is 13.2 Å². The number of piperazine rings is 1. The maximum atomic E-state index is 13.2. The molecule has 146 valence electrons. The van der Waals surface area contributed by atoms with Crippen LogP contribution in [0, 0.1) is 0 Å². The van der Waals surface area contributed by atoms with Crippen LogP contribution in [0.3, 0.4) is 0 Å². The first-order chi connectivity index (χ1) is 13.0. The third-order valence-corrected chi connectivity index (χ3v) is 5.06. The van der Waals surface area contributed by atoms with E-state index in [4.69, 9.17) is 4.74 Å². The summed E-state index contributed by atoms with van der Waals surface area (Å²) in [5, 5.41) is 0. The Morgan fingerprint density at radius 1 is 0.889 bits per heavy atom. The summed E-state index contributed by atoms with van der Waals surface area (Å²) < 4.78 is 45.1. The van der Waals surface area contributed by atoms with Crippen LogP contribution in [0.4, 0.5) is 13.2 Å². The number of benzene rings is 2. The highest BCUT2D eigenvalue weighted by Crippen LogP contribution is 2.32. The first-order valence-corrected chi connectivity index (χ1v) is 9.15. The number of alkyl halides is 3. The second-order valence-corrected chi connectivity index (χ2v) is 6.87. The van der Waals surface area contributed by atoms with Crippen LogP contribution in [0.25, 0.3) is 0 Å². The van der Waals surface area contributed by atoms with E-state index in [-0.39, 0.29) is 6.10 Å². The Kier molecular flexibility index (Phi) is 6.52. The highest BCUT2D eigenvalue weighted by molar-refractivity contribution is 5.29. The number of nitrogens with zero attached hydrogens (tertiary/aromatic N) is 2. The van der Waals surface area contributed by atoms with Gasteiger partial charge in [-0.25, -0.2) is 0 Å². The van der Waals surface area contributed by atoms with E-state index in [0.717, 1.165) is 44.4 Å².